The zero-order valence-electron chi connectivity index (χ0n) is 13.8. The second-order valence-electron chi connectivity index (χ2n) is 5.64. The maximum Gasteiger partial charge on any atom is 0.130 e. The van der Waals surface area contributed by atoms with Gasteiger partial charge in [0.15, 0.2) is 0 Å². The molecule has 1 aromatic heterocycles. The molecule has 2 aromatic rings. The van der Waals surface area contributed by atoms with Crippen LogP contribution in [0, 0.1) is 0 Å². The smallest absolute Gasteiger partial charge is 0.130 e. The van der Waals surface area contributed by atoms with Crippen molar-refractivity contribution in [3.8, 4) is 5.75 Å². The van der Waals surface area contributed by atoms with Crippen LogP contribution in [0.4, 0.5) is 0 Å². The maximum atomic E-state index is 10.1. The molecule has 2 unspecified atom stereocenters. The topological polar surface area (TPSA) is 42.4 Å². The molecule has 0 radical (unpaired) electrons. The average Bonchev–Trinajstić information content (AvgIpc) is 2.55. The molecule has 126 valence electrons. The largest absolute Gasteiger partial charge is 0.487 e. The lowest BCUT2D eigenvalue weighted by Crippen LogP contribution is -2.16. The van der Waals surface area contributed by atoms with Gasteiger partial charge >= 0.3 is 0 Å². The molecular formula is C19H26ClNO2. The number of aliphatic hydroxyl groups excluding tert-OH is 1. The predicted octanol–water partition coefficient (Wildman–Crippen LogP) is 4.74. The Morgan fingerprint density at radius 1 is 1.13 bits per heavy atom. The van der Waals surface area contributed by atoms with Crippen molar-refractivity contribution in [2.45, 2.75) is 51.7 Å². The molecule has 0 bridgehead atoms. The third kappa shape index (κ3) is 5.85. The number of halogens is 1. The molecule has 3 nitrogen and oxygen atoms in total. The normalized spacial score (nSPS) is 13.0. The number of hydrogen-bond donors (Lipinski definition) is 1. The van der Waals surface area contributed by atoms with Crippen molar-refractivity contribution in [3.05, 3.63) is 59.9 Å². The molecule has 1 heterocycles. The monoisotopic (exact) mass is 335 g/mol. The average molecular weight is 336 g/mol. The number of aromatic nitrogens is 1. The Labute approximate surface area is 145 Å². The second kappa shape index (κ2) is 10.2. The molecule has 23 heavy (non-hydrogen) atoms. The van der Waals surface area contributed by atoms with Crippen molar-refractivity contribution >= 4 is 12.4 Å². The molecular weight excluding hydrogens is 310 g/mol. The van der Waals surface area contributed by atoms with Gasteiger partial charge in [-0.05, 0) is 37.1 Å². The van der Waals surface area contributed by atoms with Crippen LogP contribution in [0.2, 0.25) is 0 Å². The Bertz CT molecular complexity index is 560. The molecule has 2 atom stereocenters. The van der Waals surface area contributed by atoms with Gasteiger partial charge in [-0.2, -0.15) is 0 Å². The van der Waals surface area contributed by atoms with Crippen LogP contribution >= 0.6 is 12.4 Å². The summed E-state index contributed by atoms with van der Waals surface area (Å²) in [5.41, 5.74) is 1.99. The summed E-state index contributed by atoms with van der Waals surface area (Å²) in [6.45, 7) is 4.47. The van der Waals surface area contributed by atoms with Gasteiger partial charge in [-0.25, -0.2) is 0 Å². The Hall–Kier alpha value is -1.58. The number of aliphatic hydroxyl groups is 1. The molecule has 0 spiro atoms. The fourth-order valence-electron chi connectivity index (χ4n) is 2.63. The van der Waals surface area contributed by atoms with Gasteiger partial charge in [-0.3, -0.25) is 4.98 Å². The molecule has 0 saturated carbocycles. The third-order valence-electron chi connectivity index (χ3n) is 3.87. The molecule has 0 aliphatic rings. The van der Waals surface area contributed by atoms with E-state index in [1.165, 1.54) is 0 Å². The lowest BCUT2D eigenvalue weighted by molar-refractivity contribution is 0.153. The first kappa shape index (κ1) is 19.5. The summed E-state index contributed by atoms with van der Waals surface area (Å²) in [4.78, 5) is 4.28. The molecule has 0 aliphatic heterocycles. The van der Waals surface area contributed by atoms with Gasteiger partial charge in [0.1, 0.15) is 12.4 Å². The fourth-order valence-corrected chi connectivity index (χ4v) is 2.63. The summed E-state index contributed by atoms with van der Waals surface area (Å²) < 4.78 is 5.96. The zero-order valence-corrected chi connectivity index (χ0v) is 14.6. The van der Waals surface area contributed by atoms with E-state index >= 15 is 0 Å². The Kier molecular flexibility index (Phi) is 8.67. The summed E-state index contributed by atoms with van der Waals surface area (Å²) in [6.07, 6.45) is 4.58. The number of para-hydroxylation sites is 1. The van der Waals surface area contributed by atoms with Gasteiger partial charge in [-0.15, -0.1) is 12.4 Å². The SMILES string of the molecule is CCCCC(c1ccccc1OCc1ccccn1)C(C)O.Cl. The first-order valence-electron chi connectivity index (χ1n) is 8.02. The van der Waals surface area contributed by atoms with E-state index < -0.39 is 0 Å². The van der Waals surface area contributed by atoms with Crippen molar-refractivity contribution in [3.63, 3.8) is 0 Å². The van der Waals surface area contributed by atoms with Crippen molar-refractivity contribution in [2.24, 2.45) is 0 Å². The number of ether oxygens (including phenoxy) is 1. The van der Waals surface area contributed by atoms with E-state index in [0.717, 1.165) is 36.3 Å². The summed E-state index contributed by atoms with van der Waals surface area (Å²) in [5.74, 6) is 0.954. The molecule has 0 amide bonds. The van der Waals surface area contributed by atoms with Gasteiger partial charge in [-0.1, -0.05) is 44.0 Å². The van der Waals surface area contributed by atoms with E-state index in [2.05, 4.69) is 18.0 Å². The first-order valence-corrected chi connectivity index (χ1v) is 8.02. The van der Waals surface area contributed by atoms with Gasteiger partial charge < -0.3 is 9.84 Å². The van der Waals surface area contributed by atoms with Gasteiger partial charge in [0, 0.05) is 12.1 Å². The van der Waals surface area contributed by atoms with E-state index in [4.69, 9.17) is 4.74 Å². The van der Waals surface area contributed by atoms with Crippen LogP contribution in [0.15, 0.2) is 48.7 Å². The highest BCUT2D eigenvalue weighted by Crippen LogP contribution is 2.33. The maximum absolute atomic E-state index is 10.1. The minimum Gasteiger partial charge on any atom is -0.487 e. The second-order valence-corrected chi connectivity index (χ2v) is 5.64. The summed E-state index contributed by atoms with van der Waals surface area (Å²) in [5, 5.41) is 10.1. The zero-order chi connectivity index (χ0) is 15.8. The number of rotatable bonds is 8. The highest BCUT2D eigenvalue weighted by Gasteiger charge is 2.20. The van der Waals surface area contributed by atoms with Crippen molar-refractivity contribution in [1.82, 2.24) is 4.98 Å². The molecule has 2 rings (SSSR count). The van der Waals surface area contributed by atoms with E-state index in [0.29, 0.717) is 6.61 Å². The van der Waals surface area contributed by atoms with E-state index in [1.807, 2.05) is 43.3 Å². The van der Waals surface area contributed by atoms with E-state index in [9.17, 15) is 5.11 Å². The number of nitrogens with zero attached hydrogens (tertiary/aromatic N) is 1. The Morgan fingerprint density at radius 3 is 2.52 bits per heavy atom. The van der Waals surface area contributed by atoms with E-state index in [1.54, 1.807) is 6.20 Å². The van der Waals surface area contributed by atoms with Crippen LogP contribution in [0.25, 0.3) is 0 Å². The van der Waals surface area contributed by atoms with Crippen molar-refractivity contribution in [2.75, 3.05) is 0 Å². The lowest BCUT2D eigenvalue weighted by atomic mass is 9.89. The standard InChI is InChI=1S/C19H25NO2.ClH/c1-3-4-10-17(15(2)21)18-11-5-6-12-19(18)22-14-16-9-7-8-13-20-16;/h5-9,11-13,15,17,21H,3-4,10,14H2,1-2H3;1H. The number of pyridine rings is 1. The molecule has 1 N–H and O–H groups in total. The third-order valence-corrected chi connectivity index (χ3v) is 3.87. The van der Waals surface area contributed by atoms with E-state index in [-0.39, 0.29) is 24.4 Å². The quantitative estimate of drug-likeness (QED) is 0.757. The highest BCUT2D eigenvalue weighted by atomic mass is 35.5. The highest BCUT2D eigenvalue weighted by molar-refractivity contribution is 5.85. The fraction of sp³-hybridized carbons (Fsp3) is 0.421. The Balaban J connectivity index is 0.00000264. The summed E-state index contributed by atoms with van der Waals surface area (Å²) in [6, 6.07) is 13.8. The van der Waals surface area contributed by atoms with Crippen LogP contribution in [-0.2, 0) is 6.61 Å². The van der Waals surface area contributed by atoms with Gasteiger partial charge in [0.05, 0.1) is 11.8 Å². The summed E-state index contributed by atoms with van der Waals surface area (Å²) >= 11 is 0. The van der Waals surface area contributed by atoms with Crippen LogP contribution in [0.1, 0.15) is 50.3 Å². The molecule has 4 heteroatoms. The van der Waals surface area contributed by atoms with Gasteiger partial charge in [0.2, 0.25) is 0 Å². The van der Waals surface area contributed by atoms with Crippen LogP contribution < -0.4 is 4.74 Å². The number of benzene rings is 1. The molecule has 0 saturated heterocycles. The number of hydrogen-bond acceptors (Lipinski definition) is 3. The first-order chi connectivity index (χ1) is 10.7. The van der Waals surface area contributed by atoms with Crippen molar-refractivity contribution < 1.29 is 9.84 Å². The van der Waals surface area contributed by atoms with Crippen molar-refractivity contribution in [1.29, 1.82) is 0 Å². The lowest BCUT2D eigenvalue weighted by Gasteiger charge is -2.23. The van der Waals surface area contributed by atoms with Crippen LogP contribution in [0.5, 0.6) is 5.75 Å². The van der Waals surface area contributed by atoms with Crippen LogP contribution in [-0.4, -0.2) is 16.2 Å². The molecule has 1 aromatic carbocycles. The predicted molar refractivity (Wildman–Crippen MR) is 96.2 cm³/mol. The van der Waals surface area contributed by atoms with Gasteiger partial charge in [0.25, 0.3) is 0 Å². The Morgan fingerprint density at radius 2 is 1.87 bits per heavy atom. The minimum atomic E-state index is -0.383. The minimum absolute atomic E-state index is 0. The van der Waals surface area contributed by atoms with Crippen LogP contribution in [0.3, 0.4) is 0 Å². The molecule has 0 fully saturated rings. The summed E-state index contributed by atoms with van der Waals surface area (Å²) in [7, 11) is 0. The number of unbranched alkanes of at least 4 members (excludes halogenated alkanes) is 1. The molecule has 0 aliphatic carbocycles.